The first-order valence-corrected chi connectivity index (χ1v) is 5.45. The minimum Gasteiger partial charge on any atom is -0.107 e. The van der Waals surface area contributed by atoms with Gasteiger partial charge in [0.1, 0.15) is 0 Å². The molecule has 0 aromatic heterocycles. The molecule has 0 N–H and O–H groups in total. The Morgan fingerprint density at radius 1 is 1.00 bits per heavy atom. The van der Waals surface area contributed by atoms with Gasteiger partial charge in [-0.15, -0.1) is 24.0 Å². The van der Waals surface area contributed by atoms with Crippen LogP contribution in [0.25, 0.3) is 0 Å². The SMILES string of the molecule is CC[CH](C)[Ag][CH](C)CC.I. The zero-order valence-corrected chi connectivity index (χ0v) is 11.1. The Balaban J connectivity index is 0. The molecule has 69 valence electrons. The third-order valence-corrected chi connectivity index (χ3v) is 4.30. The van der Waals surface area contributed by atoms with Crippen molar-refractivity contribution in [2.75, 3.05) is 0 Å². The molecule has 0 rings (SSSR count). The average molecular weight is 350 g/mol. The van der Waals surface area contributed by atoms with Gasteiger partial charge < -0.3 is 0 Å². The van der Waals surface area contributed by atoms with Gasteiger partial charge in [-0.1, -0.05) is 0 Å². The number of hydrogen-bond donors (Lipinski definition) is 0. The molecular weight excluding hydrogens is 331 g/mol. The Kier molecular flexibility index (Phi) is 12.0. The number of halogens is 1. The van der Waals surface area contributed by atoms with E-state index in [2.05, 4.69) is 27.7 Å². The molecule has 0 fully saturated rings. The van der Waals surface area contributed by atoms with Gasteiger partial charge in [-0.3, -0.25) is 0 Å². The Hall–Kier alpha value is 1.47. The van der Waals surface area contributed by atoms with Crippen molar-refractivity contribution in [3.63, 3.8) is 0 Å². The van der Waals surface area contributed by atoms with E-state index in [0.717, 1.165) is 28.0 Å². The summed E-state index contributed by atoms with van der Waals surface area (Å²) >= 11 is 1.16. The van der Waals surface area contributed by atoms with Gasteiger partial charge in [0.25, 0.3) is 0 Å². The molecule has 0 aliphatic heterocycles. The maximum atomic E-state index is 2.35. The molecule has 2 heteroatoms. The van der Waals surface area contributed by atoms with Gasteiger partial charge in [-0.2, -0.15) is 0 Å². The minimum atomic E-state index is 0. The van der Waals surface area contributed by atoms with Gasteiger partial charge in [0.05, 0.1) is 0 Å². The van der Waals surface area contributed by atoms with Crippen molar-refractivity contribution in [2.45, 2.75) is 48.8 Å². The molecule has 10 heavy (non-hydrogen) atoms. The van der Waals surface area contributed by atoms with Crippen LogP contribution >= 0.6 is 24.0 Å². The second kappa shape index (κ2) is 8.57. The third-order valence-electron chi connectivity index (χ3n) is 1.41. The third kappa shape index (κ3) is 7.58. The Bertz CT molecular complexity index is 58.3. The Morgan fingerprint density at radius 3 is 1.50 bits per heavy atom. The van der Waals surface area contributed by atoms with Gasteiger partial charge in [0.2, 0.25) is 0 Å². The van der Waals surface area contributed by atoms with E-state index in [-0.39, 0.29) is 24.0 Å². The van der Waals surface area contributed by atoms with Crippen molar-refractivity contribution >= 4 is 24.0 Å². The molecule has 2 atom stereocenters. The molecule has 0 nitrogen and oxygen atoms in total. The molecule has 0 bridgehead atoms. The Labute approximate surface area is 91.9 Å². The van der Waals surface area contributed by atoms with Crippen molar-refractivity contribution < 1.29 is 19.8 Å². The van der Waals surface area contributed by atoms with Crippen LogP contribution < -0.4 is 0 Å². The van der Waals surface area contributed by atoms with Crippen molar-refractivity contribution in [3.8, 4) is 0 Å². The summed E-state index contributed by atoms with van der Waals surface area (Å²) in [4.78, 5) is 0. The topological polar surface area (TPSA) is 0 Å². The average Bonchev–Trinajstić information content (AvgIpc) is 1.87. The summed E-state index contributed by atoms with van der Waals surface area (Å²) in [6.45, 7) is 9.26. The van der Waals surface area contributed by atoms with Crippen LogP contribution in [0.5, 0.6) is 0 Å². The molecule has 0 spiro atoms. The smallest absolute Gasteiger partial charge is 0.107 e. The van der Waals surface area contributed by atoms with Gasteiger partial charge in [-0.05, 0) is 0 Å². The molecule has 0 aromatic carbocycles. The molecule has 0 aromatic rings. The van der Waals surface area contributed by atoms with Crippen LogP contribution in [0.15, 0.2) is 0 Å². The molecular formula is C8H19AgI. The molecule has 0 radical (unpaired) electrons. The molecule has 0 aliphatic rings. The van der Waals surface area contributed by atoms with Gasteiger partial charge >= 0.3 is 68.6 Å². The van der Waals surface area contributed by atoms with Crippen LogP contribution in [0, 0.1) is 0 Å². The van der Waals surface area contributed by atoms with E-state index >= 15 is 0 Å². The first-order chi connectivity index (χ1) is 4.20. The van der Waals surface area contributed by atoms with Crippen LogP contribution in [-0.2, 0) is 19.8 Å². The fourth-order valence-corrected chi connectivity index (χ4v) is 2.57. The van der Waals surface area contributed by atoms with Gasteiger partial charge in [0.15, 0.2) is 0 Å². The second-order valence-electron chi connectivity index (χ2n) is 2.33. The van der Waals surface area contributed by atoms with E-state index in [1.165, 1.54) is 12.8 Å². The van der Waals surface area contributed by atoms with Crippen LogP contribution in [0.4, 0.5) is 0 Å². The summed E-state index contributed by atoms with van der Waals surface area (Å²) in [6.07, 6.45) is 2.70. The van der Waals surface area contributed by atoms with E-state index in [0.29, 0.717) is 0 Å². The number of rotatable bonds is 4. The molecule has 0 aliphatic carbocycles. The van der Waals surface area contributed by atoms with Crippen molar-refractivity contribution in [3.05, 3.63) is 0 Å². The summed E-state index contributed by atoms with van der Waals surface area (Å²) < 4.78 is 1.92. The summed E-state index contributed by atoms with van der Waals surface area (Å²) in [5.41, 5.74) is 0. The predicted octanol–water partition coefficient (Wildman–Crippen LogP) is 4.12. The maximum Gasteiger partial charge on any atom is -0.107 e. The van der Waals surface area contributed by atoms with E-state index in [1.54, 1.807) is 0 Å². The summed E-state index contributed by atoms with van der Waals surface area (Å²) in [6, 6.07) is 0. The zero-order chi connectivity index (χ0) is 7.28. The van der Waals surface area contributed by atoms with Crippen LogP contribution in [0.1, 0.15) is 40.5 Å². The monoisotopic (exact) mass is 349 g/mol. The molecule has 0 amide bonds. The van der Waals surface area contributed by atoms with Gasteiger partial charge in [-0.25, -0.2) is 0 Å². The molecule has 2 unspecified atom stereocenters. The van der Waals surface area contributed by atoms with Crippen LogP contribution in [-0.4, -0.2) is 0 Å². The fraction of sp³-hybridized carbons (Fsp3) is 1.00. The standard InChI is InChI=1S/2C4H9.Ag.HI/c2*1-3-4-2;;/h2*3H,4H2,1-2H3;;1H. The normalized spacial score (nSPS) is 16.0. The fourth-order valence-electron chi connectivity index (χ4n) is 0.435. The maximum absolute atomic E-state index is 2.35. The molecule has 0 saturated heterocycles. The second-order valence-corrected chi connectivity index (χ2v) is 5.74. The first kappa shape index (κ1) is 14.0. The minimum absolute atomic E-state index is 0. The summed E-state index contributed by atoms with van der Waals surface area (Å²) in [5, 5.41) is 0. The Morgan fingerprint density at radius 2 is 1.30 bits per heavy atom. The van der Waals surface area contributed by atoms with Crippen molar-refractivity contribution in [2.24, 2.45) is 0 Å². The molecule has 0 heterocycles. The number of hydrogen-bond acceptors (Lipinski definition) is 0. The molecule has 0 saturated carbocycles. The van der Waals surface area contributed by atoms with Crippen LogP contribution in [0.3, 0.4) is 0 Å². The summed E-state index contributed by atoms with van der Waals surface area (Å²) in [7, 11) is 0. The van der Waals surface area contributed by atoms with E-state index < -0.39 is 0 Å². The van der Waals surface area contributed by atoms with Gasteiger partial charge in [0, 0.05) is 0 Å². The van der Waals surface area contributed by atoms with E-state index in [4.69, 9.17) is 0 Å². The predicted molar refractivity (Wildman–Crippen MR) is 54.8 cm³/mol. The zero-order valence-electron chi connectivity index (χ0n) is 7.28. The van der Waals surface area contributed by atoms with E-state index in [9.17, 15) is 0 Å². The first-order valence-electron chi connectivity index (χ1n) is 3.73. The van der Waals surface area contributed by atoms with Crippen molar-refractivity contribution in [1.29, 1.82) is 0 Å². The van der Waals surface area contributed by atoms with Crippen LogP contribution in [0.2, 0.25) is 8.27 Å². The summed E-state index contributed by atoms with van der Waals surface area (Å²) in [5.74, 6) is 0. The largest absolute Gasteiger partial charge is 0.107 e. The van der Waals surface area contributed by atoms with E-state index in [1.807, 2.05) is 0 Å². The van der Waals surface area contributed by atoms with Crippen molar-refractivity contribution in [1.82, 2.24) is 0 Å². The quantitative estimate of drug-likeness (QED) is 0.529.